The minimum absolute atomic E-state index is 0.151. The van der Waals surface area contributed by atoms with Crippen molar-refractivity contribution in [2.45, 2.75) is 32.5 Å². The van der Waals surface area contributed by atoms with Gasteiger partial charge in [-0.05, 0) is 49.6 Å². The molecule has 1 saturated heterocycles. The van der Waals surface area contributed by atoms with E-state index in [1.54, 1.807) is 25.1 Å². The van der Waals surface area contributed by atoms with Gasteiger partial charge in [0.2, 0.25) is 5.78 Å². The number of benzene rings is 2. The average molecular weight is 487 g/mol. The number of allylic oxidation sites excluding steroid dienone is 1. The van der Waals surface area contributed by atoms with Gasteiger partial charge in [0.05, 0.1) is 12.2 Å². The quantitative estimate of drug-likeness (QED) is 0.362. The maximum Gasteiger partial charge on any atom is 0.340 e. The van der Waals surface area contributed by atoms with Crippen LogP contribution in [0.15, 0.2) is 34.5 Å². The zero-order chi connectivity index (χ0) is 21.5. The van der Waals surface area contributed by atoms with Crippen molar-refractivity contribution in [3.8, 4) is 17.2 Å². The number of aryl methyl sites for hydroxylation is 1. The van der Waals surface area contributed by atoms with Gasteiger partial charge >= 0.3 is 5.97 Å². The first-order chi connectivity index (χ1) is 15.0. The first kappa shape index (κ1) is 20.2. The number of halogens is 1. The fraction of sp³-hybridized carbons (Fsp3) is 0.304. The lowest BCUT2D eigenvalue weighted by molar-refractivity contribution is -0.144. The summed E-state index contributed by atoms with van der Waals surface area (Å²) in [5, 5.41) is 0. The van der Waals surface area contributed by atoms with E-state index in [1.165, 1.54) is 0 Å². The monoisotopic (exact) mass is 486 g/mol. The molecular formula is C23H19BrO7. The number of esters is 1. The highest BCUT2D eigenvalue weighted by molar-refractivity contribution is 9.10. The number of fused-ring (bicyclic) bond motifs is 2. The number of ketones is 1. The Morgan fingerprint density at radius 2 is 2.13 bits per heavy atom. The molecule has 0 spiro atoms. The minimum atomic E-state index is -0.543. The number of hydrogen-bond acceptors (Lipinski definition) is 7. The summed E-state index contributed by atoms with van der Waals surface area (Å²) in [6.45, 7) is 2.93. The van der Waals surface area contributed by atoms with Crippen molar-refractivity contribution in [1.29, 1.82) is 0 Å². The van der Waals surface area contributed by atoms with Crippen molar-refractivity contribution in [3.05, 3.63) is 56.8 Å². The third-order valence-electron chi connectivity index (χ3n) is 5.34. The summed E-state index contributed by atoms with van der Waals surface area (Å²) in [5.41, 5.74) is 2.72. The summed E-state index contributed by atoms with van der Waals surface area (Å²) >= 11 is 3.48. The van der Waals surface area contributed by atoms with E-state index in [2.05, 4.69) is 15.9 Å². The SMILES string of the molecule is Cc1cc(OC(=O)C2CCCO2)cc2c1C(=O)/C(=C/c1cc(Br)cc3c1OCOC3)O2. The van der Waals surface area contributed by atoms with Crippen LogP contribution in [-0.4, -0.2) is 31.3 Å². The summed E-state index contributed by atoms with van der Waals surface area (Å²) < 4.78 is 28.5. The van der Waals surface area contributed by atoms with Gasteiger partial charge in [0.1, 0.15) is 17.2 Å². The highest BCUT2D eigenvalue weighted by Crippen LogP contribution is 2.39. The first-order valence-corrected chi connectivity index (χ1v) is 10.7. The molecular weight excluding hydrogens is 468 g/mol. The molecule has 0 N–H and O–H groups in total. The Kier molecular flexibility index (Phi) is 5.29. The maximum absolute atomic E-state index is 13.0. The van der Waals surface area contributed by atoms with Gasteiger partial charge < -0.3 is 23.7 Å². The van der Waals surface area contributed by atoms with Gasteiger partial charge in [-0.1, -0.05) is 15.9 Å². The van der Waals surface area contributed by atoms with Gasteiger partial charge in [-0.25, -0.2) is 4.79 Å². The fourth-order valence-electron chi connectivity index (χ4n) is 3.94. The molecule has 1 fully saturated rings. The van der Waals surface area contributed by atoms with Crippen LogP contribution in [0.5, 0.6) is 17.2 Å². The van der Waals surface area contributed by atoms with E-state index in [0.29, 0.717) is 53.6 Å². The van der Waals surface area contributed by atoms with E-state index in [-0.39, 0.29) is 18.3 Å². The predicted molar refractivity (Wildman–Crippen MR) is 113 cm³/mol. The maximum atomic E-state index is 13.0. The summed E-state index contributed by atoms with van der Waals surface area (Å²) in [6, 6.07) is 7.01. The molecule has 1 unspecified atom stereocenters. The highest BCUT2D eigenvalue weighted by Gasteiger charge is 2.32. The molecule has 160 valence electrons. The van der Waals surface area contributed by atoms with Crippen LogP contribution < -0.4 is 14.2 Å². The van der Waals surface area contributed by atoms with Crippen LogP contribution in [0.25, 0.3) is 6.08 Å². The van der Waals surface area contributed by atoms with Crippen LogP contribution in [0.2, 0.25) is 0 Å². The molecule has 0 bridgehead atoms. The van der Waals surface area contributed by atoms with Gasteiger partial charge in [-0.3, -0.25) is 4.79 Å². The van der Waals surface area contributed by atoms with Crippen molar-refractivity contribution in [3.63, 3.8) is 0 Å². The van der Waals surface area contributed by atoms with Gasteiger partial charge in [-0.2, -0.15) is 0 Å². The molecule has 0 aromatic heterocycles. The van der Waals surface area contributed by atoms with Crippen LogP contribution in [0.1, 0.15) is 39.9 Å². The van der Waals surface area contributed by atoms with E-state index in [9.17, 15) is 9.59 Å². The number of Topliss-reactive ketones (excluding diaryl/α,β-unsaturated/α-hetero) is 1. The minimum Gasteiger partial charge on any atom is -0.467 e. The third-order valence-corrected chi connectivity index (χ3v) is 5.80. The summed E-state index contributed by atoms with van der Waals surface area (Å²) in [6.07, 6.45) is 2.60. The van der Waals surface area contributed by atoms with Crippen LogP contribution >= 0.6 is 15.9 Å². The van der Waals surface area contributed by atoms with Gasteiger partial charge in [0.15, 0.2) is 18.7 Å². The van der Waals surface area contributed by atoms with Crippen LogP contribution in [0.3, 0.4) is 0 Å². The van der Waals surface area contributed by atoms with Crippen LogP contribution in [0.4, 0.5) is 0 Å². The molecule has 5 rings (SSSR count). The Morgan fingerprint density at radius 1 is 1.26 bits per heavy atom. The van der Waals surface area contributed by atoms with Crippen molar-refractivity contribution in [2.24, 2.45) is 0 Å². The molecule has 3 aliphatic rings. The molecule has 0 saturated carbocycles. The number of carbonyl (C=O) groups excluding carboxylic acids is 2. The molecule has 0 amide bonds. The van der Waals surface area contributed by atoms with E-state index in [0.717, 1.165) is 16.5 Å². The summed E-state index contributed by atoms with van der Waals surface area (Å²) in [5.74, 6) is 0.862. The molecule has 7 nitrogen and oxygen atoms in total. The molecule has 2 aromatic rings. The largest absolute Gasteiger partial charge is 0.467 e. The Hall–Kier alpha value is -2.68. The Labute approximate surface area is 187 Å². The van der Waals surface area contributed by atoms with Crippen LogP contribution in [0, 0.1) is 6.92 Å². The third kappa shape index (κ3) is 3.86. The smallest absolute Gasteiger partial charge is 0.340 e. The Bertz CT molecular complexity index is 1120. The summed E-state index contributed by atoms with van der Waals surface area (Å²) in [4.78, 5) is 25.3. The zero-order valence-corrected chi connectivity index (χ0v) is 18.3. The summed E-state index contributed by atoms with van der Waals surface area (Å²) in [7, 11) is 0. The van der Waals surface area contributed by atoms with Crippen molar-refractivity contribution in [1.82, 2.24) is 0 Å². The highest BCUT2D eigenvalue weighted by atomic mass is 79.9. The Morgan fingerprint density at radius 3 is 2.94 bits per heavy atom. The first-order valence-electron chi connectivity index (χ1n) is 9.95. The van der Waals surface area contributed by atoms with Crippen molar-refractivity contribution < 1.29 is 33.3 Å². The lowest BCUT2D eigenvalue weighted by atomic mass is 10.0. The van der Waals surface area contributed by atoms with Crippen molar-refractivity contribution >= 4 is 33.8 Å². The fourth-order valence-corrected chi connectivity index (χ4v) is 4.46. The molecule has 0 radical (unpaired) electrons. The topological polar surface area (TPSA) is 80.3 Å². The standard InChI is InChI=1S/C23H19BrO7/c1-12-5-16(30-23(26)17-3-2-4-28-17)9-18-20(12)21(25)19(31-18)8-13-6-15(24)7-14-10-27-11-29-22(13)14/h5-9,17H,2-4,10-11H2,1H3/b19-8-. The van der Waals surface area contributed by atoms with Gasteiger partial charge in [0.25, 0.3) is 0 Å². The molecule has 0 aliphatic carbocycles. The normalized spacial score (nSPS) is 20.8. The molecule has 31 heavy (non-hydrogen) atoms. The number of hydrogen-bond donors (Lipinski definition) is 0. The molecule has 2 aromatic carbocycles. The van der Waals surface area contributed by atoms with Gasteiger partial charge in [0, 0.05) is 28.3 Å². The number of rotatable bonds is 3. The Balaban J connectivity index is 1.44. The van der Waals surface area contributed by atoms with E-state index in [4.69, 9.17) is 23.7 Å². The van der Waals surface area contributed by atoms with Crippen LogP contribution in [-0.2, 0) is 20.9 Å². The van der Waals surface area contributed by atoms with Crippen molar-refractivity contribution in [2.75, 3.05) is 13.4 Å². The lowest BCUT2D eigenvalue weighted by Crippen LogP contribution is -2.24. The molecule has 3 aliphatic heterocycles. The molecule has 3 heterocycles. The van der Waals surface area contributed by atoms with Gasteiger partial charge in [-0.15, -0.1) is 0 Å². The molecule has 8 heteroatoms. The van der Waals surface area contributed by atoms with E-state index < -0.39 is 12.1 Å². The average Bonchev–Trinajstić information content (AvgIpc) is 3.37. The molecule has 1 atom stereocenters. The zero-order valence-electron chi connectivity index (χ0n) is 16.7. The van der Waals surface area contributed by atoms with E-state index >= 15 is 0 Å². The second-order valence-electron chi connectivity index (χ2n) is 7.57. The predicted octanol–water partition coefficient (Wildman–Crippen LogP) is 4.32. The number of ether oxygens (including phenoxy) is 5. The second kappa shape index (κ2) is 8.11. The second-order valence-corrected chi connectivity index (χ2v) is 8.49. The lowest BCUT2D eigenvalue weighted by Gasteiger charge is -2.20. The van der Waals surface area contributed by atoms with E-state index in [1.807, 2.05) is 12.1 Å². The number of carbonyl (C=O) groups is 2.